The lowest BCUT2D eigenvalue weighted by molar-refractivity contribution is 0.0601. The number of methoxy groups -OCH3 is 2. The molecular formula is C22H30O4Si. The van der Waals surface area contributed by atoms with Gasteiger partial charge in [-0.15, -0.1) is 0 Å². The van der Waals surface area contributed by atoms with E-state index in [1.807, 2.05) is 24.3 Å². The molecular weight excluding hydrogens is 356 g/mol. The highest BCUT2D eigenvalue weighted by atomic mass is 28.4. The van der Waals surface area contributed by atoms with Crippen LogP contribution in [0.3, 0.4) is 0 Å². The van der Waals surface area contributed by atoms with Gasteiger partial charge in [0.25, 0.3) is 0 Å². The quantitative estimate of drug-likeness (QED) is 0.474. The van der Waals surface area contributed by atoms with Crippen molar-refractivity contribution in [3.05, 3.63) is 53.6 Å². The minimum Gasteiger partial charge on any atom is -0.496 e. The van der Waals surface area contributed by atoms with Crippen molar-refractivity contribution in [1.82, 2.24) is 0 Å². The maximum atomic E-state index is 11.6. The molecule has 0 aliphatic heterocycles. The van der Waals surface area contributed by atoms with Crippen LogP contribution in [-0.2, 0) is 15.8 Å². The Bertz CT molecular complexity index is 789. The number of hydrogen-bond donors (Lipinski definition) is 0. The van der Waals surface area contributed by atoms with Crippen molar-refractivity contribution in [3.63, 3.8) is 0 Å². The zero-order chi connectivity index (χ0) is 20.2. The Kier molecular flexibility index (Phi) is 6.49. The second kappa shape index (κ2) is 8.27. The van der Waals surface area contributed by atoms with Crippen LogP contribution in [0, 0.1) is 0 Å². The molecule has 0 atom stereocenters. The highest BCUT2D eigenvalue weighted by Crippen LogP contribution is 2.37. The molecule has 0 fully saturated rings. The SMILES string of the molecule is COC(=O)c1ccc(-c2ccc(CO[Si](C)(C)C(C)(C)C)cc2OC)cc1. The Balaban J connectivity index is 2.22. The Labute approximate surface area is 163 Å². The molecule has 0 saturated carbocycles. The number of hydrogen-bond acceptors (Lipinski definition) is 4. The first-order chi connectivity index (χ1) is 12.6. The summed E-state index contributed by atoms with van der Waals surface area (Å²) in [4.78, 5) is 11.6. The third kappa shape index (κ3) is 4.99. The van der Waals surface area contributed by atoms with E-state index in [-0.39, 0.29) is 11.0 Å². The van der Waals surface area contributed by atoms with Crippen LogP contribution in [0.1, 0.15) is 36.7 Å². The minimum absolute atomic E-state index is 0.179. The van der Waals surface area contributed by atoms with Crippen LogP contribution in [0.4, 0.5) is 0 Å². The van der Waals surface area contributed by atoms with Crippen molar-refractivity contribution in [2.24, 2.45) is 0 Å². The molecule has 0 spiro atoms. The van der Waals surface area contributed by atoms with Gasteiger partial charge in [0.15, 0.2) is 8.32 Å². The third-order valence-electron chi connectivity index (χ3n) is 5.29. The van der Waals surface area contributed by atoms with Gasteiger partial charge in [-0.2, -0.15) is 0 Å². The number of benzene rings is 2. The molecule has 2 aromatic rings. The van der Waals surface area contributed by atoms with Crippen LogP contribution in [0.2, 0.25) is 18.1 Å². The smallest absolute Gasteiger partial charge is 0.337 e. The van der Waals surface area contributed by atoms with E-state index in [0.29, 0.717) is 12.2 Å². The van der Waals surface area contributed by atoms with Crippen LogP contribution in [0.25, 0.3) is 11.1 Å². The molecule has 146 valence electrons. The molecule has 0 amide bonds. The molecule has 4 nitrogen and oxygen atoms in total. The average molecular weight is 387 g/mol. The van der Waals surface area contributed by atoms with Crippen LogP contribution in [0.5, 0.6) is 5.75 Å². The fraction of sp³-hybridized carbons (Fsp3) is 0.409. The van der Waals surface area contributed by atoms with E-state index in [9.17, 15) is 4.79 Å². The summed E-state index contributed by atoms with van der Waals surface area (Å²) in [6.07, 6.45) is 0. The molecule has 2 aromatic carbocycles. The predicted molar refractivity (Wildman–Crippen MR) is 112 cm³/mol. The second-order valence-corrected chi connectivity index (χ2v) is 13.0. The molecule has 0 N–H and O–H groups in total. The van der Waals surface area contributed by atoms with Gasteiger partial charge in [-0.05, 0) is 47.5 Å². The molecule has 0 unspecified atom stereocenters. The highest BCUT2D eigenvalue weighted by Gasteiger charge is 2.37. The van der Waals surface area contributed by atoms with Gasteiger partial charge in [0.05, 0.1) is 26.4 Å². The van der Waals surface area contributed by atoms with Crippen molar-refractivity contribution in [2.45, 2.75) is 45.5 Å². The first-order valence-corrected chi connectivity index (χ1v) is 12.0. The summed E-state index contributed by atoms with van der Waals surface area (Å²) in [5, 5.41) is 0.179. The maximum Gasteiger partial charge on any atom is 0.337 e. The molecule has 0 heterocycles. The Morgan fingerprint density at radius 1 is 1.00 bits per heavy atom. The number of rotatable bonds is 6. The molecule has 0 saturated heterocycles. The summed E-state index contributed by atoms with van der Waals surface area (Å²) < 4.78 is 16.7. The number of carbonyl (C=O) groups excluding carboxylic acids is 1. The van der Waals surface area contributed by atoms with Gasteiger partial charge in [0.2, 0.25) is 0 Å². The third-order valence-corrected chi connectivity index (χ3v) is 9.77. The van der Waals surface area contributed by atoms with E-state index in [1.54, 1.807) is 19.2 Å². The van der Waals surface area contributed by atoms with Crippen molar-refractivity contribution in [1.29, 1.82) is 0 Å². The summed E-state index contributed by atoms with van der Waals surface area (Å²) in [6.45, 7) is 11.8. The van der Waals surface area contributed by atoms with E-state index in [1.165, 1.54) is 7.11 Å². The molecule has 27 heavy (non-hydrogen) atoms. The average Bonchev–Trinajstić information content (AvgIpc) is 2.64. The Hall–Kier alpha value is -2.11. The van der Waals surface area contributed by atoms with Gasteiger partial charge in [0, 0.05) is 5.56 Å². The summed E-state index contributed by atoms with van der Waals surface area (Å²) in [7, 11) is 1.25. The number of esters is 1. The first-order valence-electron chi connectivity index (χ1n) is 9.08. The lowest BCUT2D eigenvalue weighted by Crippen LogP contribution is -2.40. The van der Waals surface area contributed by atoms with E-state index in [0.717, 1.165) is 22.4 Å². The zero-order valence-electron chi connectivity index (χ0n) is 17.4. The molecule has 5 heteroatoms. The van der Waals surface area contributed by atoms with Crippen LogP contribution >= 0.6 is 0 Å². The van der Waals surface area contributed by atoms with E-state index in [2.05, 4.69) is 39.9 Å². The summed E-state index contributed by atoms with van der Waals surface area (Å²) in [6, 6.07) is 13.4. The van der Waals surface area contributed by atoms with Gasteiger partial charge in [-0.1, -0.05) is 45.0 Å². The molecule has 2 rings (SSSR count). The number of carbonyl (C=O) groups is 1. The first kappa shape index (κ1) is 21.2. The largest absolute Gasteiger partial charge is 0.496 e. The zero-order valence-corrected chi connectivity index (χ0v) is 18.4. The molecule has 0 bridgehead atoms. The standard InChI is InChI=1S/C22H30O4Si/c1-22(2,3)27(6,7)26-15-16-8-13-19(20(14-16)24-4)17-9-11-18(12-10-17)21(23)25-5/h8-14H,15H2,1-7H3. The lowest BCUT2D eigenvalue weighted by atomic mass is 10.0. The van der Waals surface area contributed by atoms with Gasteiger partial charge in [0.1, 0.15) is 5.75 Å². The molecule has 0 radical (unpaired) electrons. The van der Waals surface area contributed by atoms with Gasteiger partial charge < -0.3 is 13.9 Å². The fourth-order valence-corrected chi connectivity index (χ4v) is 3.41. The summed E-state index contributed by atoms with van der Waals surface area (Å²) in [5.74, 6) is 0.448. The highest BCUT2D eigenvalue weighted by molar-refractivity contribution is 6.74. The van der Waals surface area contributed by atoms with Crippen LogP contribution < -0.4 is 4.74 Å². The topological polar surface area (TPSA) is 44.8 Å². The summed E-state index contributed by atoms with van der Waals surface area (Å²) in [5.41, 5.74) is 3.58. The van der Waals surface area contributed by atoms with E-state index >= 15 is 0 Å². The van der Waals surface area contributed by atoms with Gasteiger partial charge in [-0.25, -0.2) is 4.79 Å². The normalized spacial score (nSPS) is 12.0. The lowest BCUT2D eigenvalue weighted by Gasteiger charge is -2.36. The van der Waals surface area contributed by atoms with Crippen LogP contribution in [-0.4, -0.2) is 28.5 Å². The molecule has 0 aliphatic rings. The molecule has 0 aliphatic carbocycles. The van der Waals surface area contributed by atoms with Gasteiger partial charge in [-0.3, -0.25) is 0 Å². The van der Waals surface area contributed by atoms with Crippen molar-refractivity contribution >= 4 is 14.3 Å². The monoisotopic (exact) mass is 386 g/mol. The second-order valence-electron chi connectivity index (χ2n) is 8.15. The number of ether oxygens (including phenoxy) is 2. The fourth-order valence-electron chi connectivity index (χ4n) is 2.45. The van der Waals surface area contributed by atoms with Crippen molar-refractivity contribution < 1.29 is 18.7 Å². The van der Waals surface area contributed by atoms with Crippen molar-refractivity contribution in [3.8, 4) is 16.9 Å². The predicted octanol–water partition coefficient (Wildman–Crippen LogP) is 5.67. The minimum atomic E-state index is -1.80. The van der Waals surface area contributed by atoms with Gasteiger partial charge >= 0.3 is 5.97 Å². The van der Waals surface area contributed by atoms with Crippen molar-refractivity contribution in [2.75, 3.05) is 14.2 Å². The Morgan fingerprint density at radius 3 is 2.15 bits per heavy atom. The van der Waals surface area contributed by atoms with E-state index in [4.69, 9.17) is 13.9 Å². The maximum absolute atomic E-state index is 11.6. The van der Waals surface area contributed by atoms with E-state index < -0.39 is 8.32 Å². The Morgan fingerprint density at radius 2 is 1.63 bits per heavy atom. The van der Waals surface area contributed by atoms with Crippen LogP contribution in [0.15, 0.2) is 42.5 Å². The summed E-state index contributed by atoms with van der Waals surface area (Å²) >= 11 is 0. The molecule has 0 aromatic heterocycles.